The number of likely N-dealkylation sites (N-methyl/N-ethyl adjacent to an activating group) is 1. The lowest BCUT2D eigenvalue weighted by Gasteiger charge is -2.40. The Bertz CT molecular complexity index is 1510. The minimum atomic E-state index is -0.229. The number of H-pyrrole nitrogens is 1. The summed E-state index contributed by atoms with van der Waals surface area (Å²) in [6.45, 7) is 18.4. The molecule has 1 N–H and O–H groups in total. The van der Waals surface area contributed by atoms with Crippen molar-refractivity contribution in [2.75, 3.05) is 62.7 Å². The Kier molecular flexibility index (Phi) is 7.98. The molecule has 2 saturated heterocycles. The predicted octanol–water partition coefficient (Wildman–Crippen LogP) is 3.21. The second-order valence-electron chi connectivity index (χ2n) is 11.6. The number of nitrogens with one attached hydrogen (secondary N) is 1. The number of hydrogen-bond donors (Lipinski definition) is 1. The van der Waals surface area contributed by atoms with E-state index in [4.69, 9.17) is 21.3 Å². The van der Waals surface area contributed by atoms with Crippen LogP contribution in [0.4, 0.5) is 11.5 Å². The summed E-state index contributed by atoms with van der Waals surface area (Å²) in [5.41, 5.74) is 5.50. The Balaban J connectivity index is 1.36. The topological polar surface area (TPSA) is 98.1 Å². The summed E-state index contributed by atoms with van der Waals surface area (Å²) < 4.78 is 6.32. The Morgan fingerprint density at radius 2 is 2.07 bits per heavy atom. The summed E-state index contributed by atoms with van der Waals surface area (Å²) in [6, 6.07) is 4.74. The van der Waals surface area contributed by atoms with Gasteiger partial charge >= 0.3 is 6.01 Å². The number of ether oxygens (including phenoxy) is 1. The first kappa shape index (κ1) is 28.0. The second-order valence-corrected chi connectivity index (χ2v) is 11.6. The van der Waals surface area contributed by atoms with Gasteiger partial charge < -0.3 is 29.2 Å². The molecule has 0 bridgehead atoms. The van der Waals surface area contributed by atoms with E-state index in [1.807, 2.05) is 6.20 Å². The normalized spacial score (nSPS) is 21.2. The maximum atomic E-state index is 12.6. The van der Waals surface area contributed by atoms with Gasteiger partial charge in [-0.2, -0.15) is 15.1 Å². The van der Waals surface area contributed by atoms with Gasteiger partial charge in [0.05, 0.1) is 29.6 Å². The highest BCUT2D eigenvalue weighted by Crippen LogP contribution is 2.35. The molecule has 220 valence electrons. The molecule has 6 rings (SSSR count). The summed E-state index contributed by atoms with van der Waals surface area (Å²) in [7, 11) is 2.14. The van der Waals surface area contributed by atoms with Crippen molar-refractivity contribution < 1.29 is 9.53 Å². The van der Waals surface area contributed by atoms with E-state index in [0.717, 1.165) is 60.3 Å². The molecule has 3 aliphatic rings. The van der Waals surface area contributed by atoms with Crippen molar-refractivity contribution in [1.29, 1.82) is 0 Å². The standard InChI is InChI=1S/C31H39N9O2/c1-5-28(41)40-15-14-39(18-23(40)16-32-3)30-24-9-7-13-38(29-21(2)10-11-26-25(29)17-33-36-26)19-27(24)34-31(35-30)42-20-22-8-6-12-37(22)4/h5,10-11,17,22-23H,1,6-9,12-16,18-20H2,2,4H3,(H,33,36)/t22-,23-/m0/s1. The fourth-order valence-electron chi connectivity index (χ4n) is 6.71. The number of hydrogen-bond acceptors (Lipinski definition) is 8. The van der Waals surface area contributed by atoms with Crippen LogP contribution in [0, 0.1) is 13.5 Å². The first-order chi connectivity index (χ1) is 20.5. The zero-order valence-electron chi connectivity index (χ0n) is 24.6. The van der Waals surface area contributed by atoms with Gasteiger partial charge in [-0.05, 0) is 63.9 Å². The van der Waals surface area contributed by atoms with Gasteiger partial charge in [0.2, 0.25) is 12.5 Å². The van der Waals surface area contributed by atoms with Crippen LogP contribution < -0.4 is 14.5 Å². The highest BCUT2D eigenvalue weighted by atomic mass is 16.5. The van der Waals surface area contributed by atoms with Crippen LogP contribution in [0.25, 0.3) is 15.7 Å². The quantitative estimate of drug-likeness (QED) is 0.342. The van der Waals surface area contributed by atoms with Crippen molar-refractivity contribution in [2.24, 2.45) is 0 Å². The van der Waals surface area contributed by atoms with Crippen LogP contribution in [0.1, 0.15) is 36.1 Å². The number of nitrogens with zero attached hydrogens (tertiary/aromatic N) is 8. The highest BCUT2D eigenvalue weighted by molar-refractivity contribution is 5.93. The van der Waals surface area contributed by atoms with Gasteiger partial charge in [-0.1, -0.05) is 12.6 Å². The number of aromatic nitrogens is 4. The first-order valence-electron chi connectivity index (χ1n) is 14.9. The summed E-state index contributed by atoms with van der Waals surface area (Å²) in [5.74, 6) is 0.740. The van der Waals surface area contributed by atoms with E-state index in [-0.39, 0.29) is 18.5 Å². The maximum Gasteiger partial charge on any atom is 0.318 e. The molecule has 1 amide bonds. The molecular formula is C31H39N9O2. The monoisotopic (exact) mass is 569 g/mol. The van der Waals surface area contributed by atoms with Gasteiger partial charge in [0.1, 0.15) is 18.5 Å². The van der Waals surface area contributed by atoms with Crippen LogP contribution >= 0.6 is 0 Å². The zero-order valence-corrected chi connectivity index (χ0v) is 24.6. The number of anilines is 2. The Hall–Kier alpha value is -4.17. The van der Waals surface area contributed by atoms with E-state index in [0.29, 0.717) is 44.8 Å². The van der Waals surface area contributed by atoms with Gasteiger partial charge in [0, 0.05) is 43.2 Å². The lowest BCUT2D eigenvalue weighted by molar-refractivity contribution is -0.128. The number of aryl methyl sites for hydroxylation is 1. The molecule has 2 aromatic heterocycles. The summed E-state index contributed by atoms with van der Waals surface area (Å²) in [4.78, 5) is 35.0. The van der Waals surface area contributed by atoms with Gasteiger partial charge in [-0.25, -0.2) is 6.57 Å². The predicted molar refractivity (Wildman–Crippen MR) is 163 cm³/mol. The lowest BCUT2D eigenvalue weighted by Crippen LogP contribution is -2.56. The molecule has 42 heavy (non-hydrogen) atoms. The van der Waals surface area contributed by atoms with Crippen LogP contribution in [0.5, 0.6) is 6.01 Å². The number of aromatic amines is 1. The third-order valence-corrected chi connectivity index (χ3v) is 8.98. The van der Waals surface area contributed by atoms with E-state index in [2.05, 4.69) is 62.4 Å². The fraction of sp³-hybridized carbons (Fsp3) is 0.516. The minimum Gasteiger partial charge on any atom is -0.462 e. The molecule has 0 spiro atoms. The number of benzene rings is 1. The average Bonchev–Trinajstić information content (AvgIpc) is 3.58. The largest absolute Gasteiger partial charge is 0.462 e. The maximum absolute atomic E-state index is 12.6. The number of carbonyl (C=O) groups excluding carboxylic acids is 1. The zero-order chi connectivity index (χ0) is 29.2. The second kappa shape index (κ2) is 12.0. The van der Waals surface area contributed by atoms with Crippen molar-refractivity contribution in [2.45, 2.75) is 51.2 Å². The van der Waals surface area contributed by atoms with Crippen molar-refractivity contribution in [3.05, 3.63) is 59.2 Å². The van der Waals surface area contributed by atoms with Crippen LogP contribution in [-0.4, -0.2) is 101 Å². The molecule has 5 heterocycles. The molecule has 2 atom stereocenters. The van der Waals surface area contributed by atoms with E-state index >= 15 is 0 Å². The van der Waals surface area contributed by atoms with Gasteiger partial charge in [0.15, 0.2) is 0 Å². The van der Waals surface area contributed by atoms with Crippen molar-refractivity contribution in [3.8, 4) is 6.01 Å². The Morgan fingerprint density at radius 3 is 2.86 bits per heavy atom. The molecule has 0 aliphatic carbocycles. The fourth-order valence-corrected chi connectivity index (χ4v) is 6.71. The van der Waals surface area contributed by atoms with Crippen molar-refractivity contribution in [1.82, 2.24) is 30.0 Å². The van der Waals surface area contributed by atoms with Crippen LogP contribution in [0.15, 0.2) is 31.0 Å². The smallest absolute Gasteiger partial charge is 0.318 e. The van der Waals surface area contributed by atoms with Crippen LogP contribution in [-0.2, 0) is 17.8 Å². The van der Waals surface area contributed by atoms with Crippen LogP contribution in [0.2, 0.25) is 0 Å². The molecular weight excluding hydrogens is 530 g/mol. The van der Waals surface area contributed by atoms with Crippen molar-refractivity contribution in [3.63, 3.8) is 0 Å². The van der Waals surface area contributed by atoms with E-state index < -0.39 is 0 Å². The molecule has 3 aliphatic heterocycles. The number of piperazine rings is 1. The highest BCUT2D eigenvalue weighted by Gasteiger charge is 2.34. The van der Waals surface area contributed by atoms with Crippen LogP contribution in [0.3, 0.4) is 0 Å². The molecule has 3 aromatic rings. The number of fused-ring (bicyclic) bond motifs is 2. The van der Waals surface area contributed by atoms with Gasteiger partial charge in [-0.15, -0.1) is 0 Å². The minimum absolute atomic E-state index is 0.131. The van der Waals surface area contributed by atoms with E-state index in [1.54, 1.807) is 4.90 Å². The molecule has 0 unspecified atom stereocenters. The molecule has 0 radical (unpaired) electrons. The third-order valence-electron chi connectivity index (χ3n) is 8.98. The number of rotatable bonds is 7. The molecule has 1 aromatic carbocycles. The van der Waals surface area contributed by atoms with Crippen molar-refractivity contribution >= 4 is 28.3 Å². The first-order valence-corrected chi connectivity index (χ1v) is 14.9. The lowest BCUT2D eigenvalue weighted by atomic mass is 10.1. The summed E-state index contributed by atoms with van der Waals surface area (Å²) in [6.07, 6.45) is 7.31. The average molecular weight is 570 g/mol. The van der Waals surface area contributed by atoms with E-state index in [1.165, 1.54) is 23.7 Å². The molecule has 11 heteroatoms. The number of carbonyl (C=O) groups is 1. The third kappa shape index (κ3) is 5.39. The summed E-state index contributed by atoms with van der Waals surface area (Å²) in [5, 5.41) is 8.53. The van der Waals surface area contributed by atoms with Gasteiger partial charge in [0.25, 0.3) is 0 Å². The molecule has 11 nitrogen and oxygen atoms in total. The number of likely N-dealkylation sites (tertiary alicyclic amines) is 1. The SMILES string of the molecule is [C-]#[N+]C[C@H]1CN(c2nc(OC[C@@H]3CCCN3C)nc3c2CCCN(c2c(C)ccc4[nH]ncc24)C3)CCN1C(=O)C=C. The summed E-state index contributed by atoms with van der Waals surface area (Å²) >= 11 is 0. The Labute approximate surface area is 247 Å². The molecule has 0 saturated carbocycles. The Morgan fingerprint density at radius 1 is 1.19 bits per heavy atom. The van der Waals surface area contributed by atoms with Gasteiger partial charge in [-0.3, -0.25) is 9.89 Å². The van der Waals surface area contributed by atoms with E-state index in [9.17, 15) is 4.79 Å². The number of amides is 1. The molecule has 2 fully saturated rings.